The molecule has 0 radical (unpaired) electrons. The maximum Gasteiger partial charge on any atom is 0.338 e. The predicted molar refractivity (Wildman–Crippen MR) is 91.1 cm³/mol. The Morgan fingerprint density at radius 3 is 2.46 bits per heavy atom. The summed E-state index contributed by atoms with van der Waals surface area (Å²) in [6.45, 7) is 1.70. The van der Waals surface area contributed by atoms with Crippen molar-refractivity contribution >= 4 is 33.3 Å². The number of hydrogen-bond acceptors (Lipinski definition) is 5. The second-order valence-electron chi connectivity index (χ2n) is 4.94. The zero-order chi connectivity index (χ0) is 19.5. The Morgan fingerprint density at radius 2 is 1.88 bits per heavy atom. The van der Waals surface area contributed by atoms with Gasteiger partial charge < -0.3 is 9.47 Å². The number of hydrogen-bond donors (Lipinski definition) is 1. The van der Waals surface area contributed by atoms with Crippen LogP contribution in [0.25, 0.3) is 0 Å². The zero-order valence-corrected chi connectivity index (χ0v) is 15.2. The number of halogens is 3. The van der Waals surface area contributed by atoms with E-state index in [0.717, 1.165) is 18.2 Å². The molecule has 0 aromatic heterocycles. The van der Waals surface area contributed by atoms with Gasteiger partial charge in [-0.2, -0.15) is 0 Å². The van der Waals surface area contributed by atoms with Crippen LogP contribution in [-0.2, 0) is 14.8 Å². The highest BCUT2D eigenvalue weighted by atomic mass is 35.5. The number of rotatable bonds is 6. The minimum atomic E-state index is -4.39. The molecule has 10 heteroatoms. The van der Waals surface area contributed by atoms with Gasteiger partial charge in [0, 0.05) is 6.07 Å². The van der Waals surface area contributed by atoms with Gasteiger partial charge in [-0.25, -0.2) is 22.0 Å². The molecule has 140 valence electrons. The molecule has 2 rings (SSSR count). The lowest BCUT2D eigenvalue weighted by Gasteiger charge is -2.13. The van der Waals surface area contributed by atoms with Crippen LogP contribution in [0.15, 0.2) is 35.2 Å². The van der Waals surface area contributed by atoms with Gasteiger partial charge in [0.2, 0.25) is 0 Å². The molecule has 0 bridgehead atoms. The molecule has 0 saturated heterocycles. The third-order valence-corrected chi connectivity index (χ3v) is 4.90. The molecule has 0 saturated carbocycles. The lowest BCUT2D eigenvalue weighted by molar-refractivity contribution is 0.0526. The van der Waals surface area contributed by atoms with Gasteiger partial charge in [-0.1, -0.05) is 11.6 Å². The number of methoxy groups -OCH3 is 1. The van der Waals surface area contributed by atoms with E-state index in [4.69, 9.17) is 21.1 Å². The molecule has 0 aliphatic carbocycles. The number of sulfonamides is 1. The lowest BCUT2D eigenvalue weighted by Crippen LogP contribution is -2.16. The SMILES string of the molecule is CCOC(=O)c1ccc(NS(=O)(=O)c2cc(F)c(Cl)cc2OC)c(F)c1. The van der Waals surface area contributed by atoms with E-state index in [0.29, 0.717) is 6.07 Å². The first-order valence-electron chi connectivity index (χ1n) is 7.22. The van der Waals surface area contributed by atoms with Gasteiger partial charge in [-0.3, -0.25) is 4.72 Å². The molecular formula is C16H14ClF2NO5S. The van der Waals surface area contributed by atoms with Crippen molar-refractivity contribution in [3.05, 3.63) is 52.6 Å². The van der Waals surface area contributed by atoms with Crippen LogP contribution in [-0.4, -0.2) is 28.1 Å². The fourth-order valence-corrected chi connectivity index (χ4v) is 3.40. The highest BCUT2D eigenvalue weighted by molar-refractivity contribution is 7.92. The Morgan fingerprint density at radius 1 is 1.19 bits per heavy atom. The van der Waals surface area contributed by atoms with Crippen molar-refractivity contribution < 1.29 is 31.5 Å². The second-order valence-corrected chi connectivity index (χ2v) is 7.00. The number of carbonyl (C=O) groups is 1. The molecule has 26 heavy (non-hydrogen) atoms. The summed E-state index contributed by atoms with van der Waals surface area (Å²) >= 11 is 5.60. The number of nitrogens with one attached hydrogen (secondary N) is 1. The van der Waals surface area contributed by atoms with Crippen molar-refractivity contribution in [1.29, 1.82) is 0 Å². The molecule has 0 unspecified atom stereocenters. The zero-order valence-electron chi connectivity index (χ0n) is 13.7. The van der Waals surface area contributed by atoms with Gasteiger partial charge in [-0.05, 0) is 31.2 Å². The van der Waals surface area contributed by atoms with Gasteiger partial charge in [0.05, 0.1) is 30.0 Å². The van der Waals surface area contributed by atoms with Crippen LogP contribution in [0.5, 0.6) is 5.75 Å². The van der Waals surface area contributed by atoms with E-state index in [1.807, 2.05) is 4.72 Å². The molecular weight excluding hydrogens is 392 g/mol. The van der Waals surface area contributed by atoms with Crippen molar-refractivity contribution in [2.24, 2.45) is 0 Å². The molecule has 0 amide bonds. The molecule has 0 aliphatic rings. The van der Waals surface area contributed by atoms with Crippen molar-refractivity contribution in [2.75, 3.05) is 18.4 Å². The molecule has 2 aromatic rings. The van der Waals surface area contributed by atoms with Crippen molar-refractivity contribution in [3.8, 4) is 5.75 Å². The fourth-order valence-electron chi connectivity index (χ4n) is 2.02. The maximum atomic E-state index is 14.2. The number of anilines is 1. The largest absolute Gasteiger partial charge is 0.495 e. The van der Waals surface area contributed by atoms with Crippen LogP contribution in [0.1, 0.15) is 17.3 Å². The lowest BCUT2D eigenvalue weighted by atomic mass is 10.2. The van der Waals surface area contributed by atoms with Crippen LogP contribution in [0.4, 0.5) is 14.5 Å². The Kier molecular flexibility index (Phi) is 6.04. The van der Waals surface area contributed by atoms with E-state index in [1.54, 1.807) is 6.92 Å². The first kappa shape index (κ1) is 19.9. The van der Waals surface area contributed by atoms with E-state index in [-0.39, 0.29) is 22.9 Å². The second kappa shape index (κ2) is 7.88. The number of carbonyl (C=O) groups excluding carboxylic acids is 1. The monoisotopic (exact) mass is 405 g/mol. The van der Waals surface area contributed by atoms with Gasteiger partial charge in [0.25, 0.3) is 10.0 Å². The molecule has 0 heterocycles. The summed E-state index contributed by atoms with van der Waals surface area (Å²) in [5.41, 5.74) is -0.516. The first-order chi connectivity index (χ1) is 12.2. The van der Waals surface area contributed by atoms with Gasteiger partial charge in [-0.15, -0.1) is 0 Å². The van der Waals surface area contributed by atoms with E-state index in [1.165, 1.54) is 13.2 Å². The minimum Gasteiger partial charge on any atom is -0.495 e. The summed E-state index contributed by atoms with van der Waals surface area (Å²) < 4.78 is 64.3. The summed E-state index contributed by atoms with van der Waals surface area (Å²) in [6, 6.07) is 4.73. The minimum absolute atomic E-state index is 0.0811. The normalized spacial score (nSPS) is 11.1. The number of benzene rings is 2. The topological polar surface area (TPSA) is 81.7 Å². The third-order valence-electron chi connectivity index (χ3n) is 3.22. The standard InChI is InChI=1S/C16H14ClF2NO5S/c1-3-25-16(21)9-4-5-13(12(19)6-9)20-26(22,23)15-8-11(18)10(17)7-14(15)24-2/h4-8,20H,3H2,1-2H3. The first-order valence-corrected chi connectivity index (χ1v) is 9.08. The smallest absolute Gasteiger partial charge is 0.338 e. The Balaban J connectivity index is 2.39. The molecule has 0 atom stereocenters. The van der Waals surface area contributed by atoms with Crippen molar-refractivity contribution in [3.63, 3.8) is 0 Å². The van der Waals surface area contributed by atoms with Gasteiger partial charge in [0.1, 0.15) is 22.3 Å². The van der Waals surface area contributed by atoms with Crippen LogP contribution >= 0.6 is 11.6 Å². The summed E-state index contributed by atoms with van der Waals surface area (Å²) in [4.78, 5) is 11.0. The average molecular weight is 406 g/mol. The average Bonchev–Trinajstić information content (AvgIpc) is 2.58. The van der Waals surface area contributed by atoms with Crippen LogP contribution in [0.3, 0.4) is 0 Å². The van der Waals surface area contributed by atoms with E-state index < -0.39 is 38.2 Å². The van der Waals surface area contributed by atoms with E-state index >= 15 is 0 Å². The molecule has 2 aromatic carbocycles. The molecule has 1 N–H and O–H groups in total. The molecule has 0 fully saturated rings. The summed E-state index contributed by atoms with van der Waals surface area (Å²) in [5.74, 6) is -2.95. The Bertz CT molecular complexity index is 950. The molecule has 6 nitrogen and oxygen atoms in total. The summed E-state index contributed by atoms with van der Waals surface area (Å²) in [5, 5.41) is -0.328. The summed E-state index contributed by atoms with van der Waals surface area (Å²) in [7, 11) is -3.21. The predicted octanol–water partition coefficient (Wildman–Crippen LogP) is 3.60. The summed E-state index contributed by atoms with van der Waals surface area (Å²) in [6.07, 6.45) is 0. The highest BCUT2D eigenvalue weighted by Crippen LogP contribution is 2.31. The molecule has 0 aliphatic heterocycles. The van der Waals surface area contributed by atoms with Gasteiger partial charge in [0.15, 0.2) is 0 Å². The van der Waals surface area contributed by atoms with Gasteiger partial charge >= 0.3 is 5.97 Å². The highest BCUT2D eigenvalue weighted by Gasteiger charge is 2.24. The third kappa shape index (κ3) is 4.23. The quantitative estimate of drug-likeness (QED) is 0.742. The van der Waals surface area contributed by atoms with Crippen LogP contribution in [0.2, 0.25) is 5.02 Å². The Labute approximate surface area is 153 Å². The van der Waals surface area contributed by atoms with Crippen LogP contribution < -0.4 is 9.46 Å². The van der Waals surface area contributed by atoms with Crippen molar-refractivity contribution in [2.45, 2.75) is 11.8 Å². The van der Waals surface area contributed by atoms with E-state index in [9.17, 15) is 22.0 Å². The fraction of sp³-hybridized carbons (Fsp3) is 0.188. The number of ether oxygens (including phenoxy) is 2. The Hall–Kier alpha value is -2.39. The van der Waals surface area contributed by atoms with Crippen molar-refractivity contribution in [1.82, 2.24) is 0 Å². The van der Waals surface area contributed by atoms with E-state index in [2.05, 4.69) is 0 Å². The maximum absolute atomic E-state index is 14.2. The van der Waals surface area contributed by atoms with Crippen LogP contribution in [0, 0.1) is 11.6 Å². The molecule has 0 spiro atoms. The number of esters is 1.